The number of nitrogens with two attached hydrogens (primary N) is 4. The largest absolute Gasteiger partial charge is 0.480 e. The number of primary amides is 1. The number of hydrogen-bond donors (Lipinski definition) is 8. The molecule has 0 spiro atoms. The van der Waals surface area contributed by atoms with Gasteiger partial charge in [0.25, 0.3) is 10.1 Å². The van der Waals surface area contributed by atoms with Gasteiger partial charge in [0.1, 0.15) is 12.6 Å². The van der Waals surface area contributed by atoms with Gasteiger partial charge >= 0.3 is 11.9 Å². The maximum atomic E-state index is 9.99. The Hall–Kier alpha value is -1.88. The first-order valence-electron chi connectivity index (χ1n) is 7.68. The van der Waals surface area contributed by atoms with Gasteiger partial charge in [-0.15, -0.1) is 0 Å². The summed E-state index contributed by atoms with van der Waals surface area (Å²) < 4.78 is 28.2. The quantitative estimate of drug-likeness (QED) is 0.133. The minimum absolute atomic E-state index is 0.0289. The first-order chi connectivity index (χ1) is 12.4. The molecule has 0 aromatic carbocycles. The van der Waals surface area contributed by atoms with Crippen molar-refractivity contribution in [1.82, 2.24) is 0 Å². The van der Waals surface area contributed by atoms with Crippen LogP contribution in [0.2, 0.25) is 0 Å². The Morgan fingerprint density at radius 2 is 1.46 bits per heavy atom. The van der Waals surface area contributed by atoms with E-state index in [2.05, 4.69) is 32.6 Å². The summed E-state index contributed by atoms with van der Waals surface area (Å²) in [6, 6.07) is -1.16. The number of aliphatic hydroxyl groups is 1. The van der Waals surface area contributed by atoms with Crippen LogP contribution in [0.1, 0.15) is 6.42 Å². The first-order valence-corrected chi connectivity index (χ1v) is 9.29. The monoisotopic (exact) mass is 436 g/mol. The maximum absolute atomic E-state index is 9.99. The van der Waals surface area contributed by atoms with Gasteiger partial charge in [-0.1, -0.05) is 0 Å². The minimum atomic E-state index is -3.80. The van der Waals surface area contributed by atoms with Crippen LogP contribution in [0.15, 0.2) is 0 Å². The van der Waals surface area contributed by atoms with E-state index < -0.39 is 34.0 Å². The molecule has 0 aliphatic carbocycles. The number of aliphatic carboxylic acids is 2. The summed E-state index contributed by atoms with van der Waals surface area (Å²) in [5, 5.41) is 24.1. The van der Waals surface area contributed by atoms with Crippen molar-refractivity contribution >= 4 is 28.0 Å². The molecule has 12 N–H and O–H groups in total. The van der Waals surface area contributed by atoms with Gasteiger partial charge in [-0.25, -0.2) is 0 Å². The normalized spacial score (nSPS) is 11.3. The average molecular weight is 437 g/mol. The number of amides is 1. The Bertz CT molecular complexity index is 535. The van der Waals surface area contributed by atoms with Crippen LogP contribution >= 0.6 is 0 Å². The van der Waals surface area contributed by atoms with E-state index in [4.69, 9.17) is 31.3 Å². The smallest absolute Gasteiger partial charge is 0.321 e. The van der Waals surface area contributed by atoms with Gasteiger partial charge in [0, 0.05) is 6.54 Å². The molecule has 0 aromatic heterocycles. The number of carbonyl (C=O) groups excluding carboxylic acids is 1. The van der Waals surface area contributed by atoms with E-state index in [0.717, 1.165) is 11.0 Å². The van der Waals surface area contributed by atoms with Crippen LogP contribution in [0.4, 0.5) is 0 Å². The van der Waals surface area contributed by atoms with E-state index in [1.807, 2.05) is 0 Å². The van der Waals surface area contributed by atoms with Crippen molar-refractivity contribution in [3.63, 3.8) is 0 Å². The molecule has 28 heavy (non-hydrogen) atoms. The molecule has 14 nitrogen and oxygen atoms in total. The van der Waals surface area contributed by atoms with Crippen LogP contribution in [0, 0.1) is 0 Å². The van der Waals surface area contributed by atoms with Crippen LogP contribution in [-0.4, -0.2) is 110 Å². The van der Waals surface area contributed by atoms with E-state index in [1.165, 1.54) is 0 Å². The Morgan fingerprint density at radius 1 is 1.07 bits per heavy atom. The summed E-state index contributed by atoms with van der Waals surface area (Å²) in [7, 11) is 2.36. The predicted molar refractivity (Wildman–Crippen MR) is 102 cm³/mol. The molecule has 1 unspecified atom stereocenters. The van der Waals surface area contributed by atoms with Gasteiger partial charge < -0.3 is 42.7 Å². The Balaban J connectivity index is -0.000000140. The molecule has 0 fully saturated rings. The first kappa shape index (κ1) is 33.7. The summed E-state index contributed by atoms with van der Waals surface area (Å²) in [6.45, 7) is 0.808. The van der Waals surface area contributed by atoms with Crippen LogP contribution < -0.4 is 22.9 Å². The SMILES string of the molecule is C[N+](C)(C)CCO.NC(=O)CC(N)C(=O)O.NCC(=O)O.NCCS(=O)(=O)O. The minimum Gasteiger partial charge on any atom is -0.480 e. The molecule has 0 saturated carbocycles. The number of hydrogen-bond acceptors (Lipinski definition) is 9. The molecule has 0 aliphatic rings. The second-order valence-corrected chi connectivity index (χ2v) is 7.60. The number of carboxylic acids is 2. The molecular weight excluding hydrogens is 402 g/mol. The fourth-order valence-electron chi connectivity index (χ4n) is 0.753. The van der Waals surface area contributed by atoms with Crippen LogP contribution in [-0.2, 0) is 24.5 Å². The lowest BCUT2D eigenvalue weighted by Crippen LogP contribution is -2.36. The number of quaternary nitrogens is 1. The highest BCUT2D eigenvalue weighted by atomic mass is 32.2. The van der Waals surface area contributed by atoms with Crippen molar-refractivity contribution in [2.24, 2.45) is 22.9 Å². The van der Waals surface area contributed by atoms with Crippen LogP contribution in [0.5, 0.6) is 0 Å². The molecule has 0 heterocycles. The van der Waals surface area contributed by atoms with Crippen molar-refractivity contribution in [1.29, 1.82) is 0 Å². The molecule has 0 aliphatic heterocycles. The molecule has 1 atom stereocenters. The van der Waals surface area contributed by atoms with E-state index >= 15 is 0 Å². The Labute approximate surface area is 164 Å². The molecule has 1 amide bonds. The topological polar surface area (TPSA) is 270 Å². The lowest BCUT2D eigenvalue weighted by molar-refractivity contribution is -0.870. The Kier molecular flexibility index (Phi) is 22.2. The fraction of sp³-hybridized carbons (Fsp3) is 0.769. The highest BCUT2D eigenvalue weighted by Gasteiger charge is 2.13. The van der Waals surface area contributed by atoms with Gasteiger partial charge in [0.05, 0.1) is 46.5 Å². The van der Waals surface area contributed by atoms with E-state index in [1.54, 1.807) is 0 Å². The van der Waals surface area contributed by atoms with Crippen LogP contribution in [0.25, 0.3) is 0 Å². The third-order valence-electron chi connectivity index (χ3n) is 2.06. The maximum Gasteiger partial charge on any atom is 0.321 e. The average Bonchev–Trinajstić information content (AvgIpc) is 2.45. The van der Waals surface area contributed by atoms with E-state index in [-0.39, 0.29) is 31.9 Å². The lowest BCUT2D eigenvalue weighted by atomic mass is 10.2. The molecule has 0 bridgehead atoms. The molecule has 0 saturated heterocycles. The van der Waals surface area contributed by atoms with Crippen molar-refractivity contribution in [2.45, 2.75) is 12.5 Å². The molecular formula is C13H34N5O9S+. The van der Waals surface area contributed by atoms with Crippen molar-refractivity contribution in [3.05, 3.63) is 0 Å². The standard InChI is InChI=1S/C5H14NO.C4H8N2O3.C2H7NO3S.C2H5NO2/c1-6(2,3)4-5-7;5-2(4(8)9)1-3(6)7;3-1-2-7(4,5)6;3-1-2(4)5/h7H,4-5H2,1-3H3;2H,1,5H2,(H2,6,7)(H,8,9);1-3H2,(H,4,5,6);1,3H2,(H,4,5)/q+1;;;. The third-order valence-corrected chi connectivity index (χ3v) is 2.81. The number of rotatable bonds is 8. The highest BCUT2D eigenvalue weighted by molar-refractivity contribution is 7.85. The van der Waals surface area contributed by atoms with Crippen molar-refractivity contribution < 1.29 is 47.2 Å². The fourth-order valence-corrected chi connectivity index (χ4v) is 1.05. The Morgan fingerprint density at radius 3 is 1.50 bits per heavy atom. The zero-order valence-electron chi connectivity index (χ0n) is 16.3. The molecule has 0 aromatic rings. The van der Waals surface area contributed by atoms with Crippen molar-refractivity contribution in [2.75, 3.05) is 53.1 Å². The summed E-state index contributed by atoms with van der Waals surface area (Å²) in [4.78, 5) is 29.1. The highest BCUT2D eigenvalue weighted by Crippen LogP contribution is 1.85. The molecule has 0 radical (unpaired) electrons. The molecule has 170 valence electrons. The number of nitrogens with zero attached hydrogens (tertiary/aromatic N) is 1. The number of likely N-dealkylation sites (N-methyl/N-ethyl adjacent to an activating group) is 1. The lowest BCUT2D eigenvalue weighted by Gasteiger charge is -2.21. The molecule has 0 rings (SSSR count). The van der Waals surface area contributed by atoms with E-state index in [0.29, 0.717) is 0 Å². The predicted octanol–water partition coefficient (Wildman–Crippen LogP) is -4.18. The summed E-state index contributed by atoms with van der Waals surface area (Å²) in [5.74, 6) is -3.24. The van der Waals surface area contributed by atoms with Gasteiger partial charge in [-0.3, -0.25) is 18.9 Å². The number of aliphatic hydroxyl groups excluding tert-OH is 1. The second kappa shape index (κ2) is 18.5. The number of carboxylic acid groups (broad SMARTS) is 2. The van der Waals surface area contributed by atoms with Crippen LogP contribution in [0.3, 0.4) is 0 Å². The third kappa shape index (κ3) is 49.6. The number of carbonyl (C=O) groups is 3. The zero-order chi connectivity index (χ0) is 23.6. The van der Waals surface area contributed by atoms with Crippen molar-refractivity contribution in [3.8, 4) is 0 Å². The summed E-state index contributed by atoms with van der Waals surface area (Å²) in [6.07, 6.45) is -0.310. The van der Waals surface area contributed by atoms with Gasteiger partial charge in [0.15, 0.2) is 0 Å². The second-order valence-electron chi connectivity index (χ2n) is 6.03. The zero-order valence-corrected chi connectivity index (χ0v) is 17.1. The molecule has 15 heteroatoms. The van der Waals surface area contributed by atoms with Gasteiger partial charge in [0.2, 0.25) is 5.91 Å². The van der Waals surface area contributed by atoms with Gasteiger partial charge in [-0.05, 0) is 0 Å². The summed E-state index contributed by atoms with van der Waals surface area (Å²) in [5.41, 5.74) is 18.9. The van der Waals surface area contributed by atoms with Gasteiger partial charge in [-0.2, -0.15) is 8.42 Å². The summed E-state index contributed by atoms with van der Waals surface area (Å²) >= 11 is 0. The van der Waals surface area contributed by atoms with E-state index in [9.17, 15) is 22.8 Å².